The van der Waals surface area contributed by atoms with Gasteiger partial charge >= 0.3 is 0 Å². The molecule has 0 spiro atoms. The summed E-state index contributed by atoms with van der Waals surface area (Å²) in [7, 11) is 0. The standard InChI is InChI=1S/C16H25N3O2/c1-2-10-17-15-9-8-12(11-18-15)16(21)19-13-6-4-3-5-7-14(13)20/h8-9,11,13-14,20H,2-7,10H2,1H3,(H,17,18)(H,19,21). The molecule has 1 heterocycles. The highest BCUT2D eigenvalue weighted by molar-refractivity contribution is 5.94. The van der Waals surface area contributed by atoms with Gasteiger partial charge in [-0.05, 0) is 31.4 Å². The minimum atomic E-state index is -0.435. The molecule has 5 nitrogen and oxygen atoms in total. The smallest absolute Gasteiger partial charge is 0.253 e. The molecule has 0 aliphatic heterocycles. The second kappa shape index (κ2) is 7.98. The summed E-state index contributed by atoms with van der Waals surface area (Å²) in [5.74, 6) is 0.624. The predicted molar refractivity (Wildman–Crippen MR) is 83.4 cm³/mol. The number of rotatable bonds is 5. The van der Waals surface area contributed by atoms with Crippen molar-refractivity contribution in [2.75, 3.05) is 11.9 Å². The number of aliphatic hydroxyl groups is 1. The van der Waals surface area contributed by atoms with Gasteiger partial charge in [-0.1, -0.05) is 26.2 Å². The van der Waals surface area contributed by atoms with Crippen LogP contribution >= 0.6 is 0 Å². The Bertz CT molecular complexity index is 447. The molecule has 3 N–H and O–H groups in total. The van der Waals surface area contributed by atoms with E-state index in [0.29, 0.717) is 5.56 Å². The second-order valence-electron chi connectivity index (χ2n) is 5.64. The molecule has 0 bridgehead atoms. The number of nitrogens with zero attached hydrogens (tertiary/aromatic N) is 1. The predicted octanol–water partition coefficient (Wildman–Crippen LogP) is 2.33. The monoisotopic (exact) mass is 291 g/mol. The average molecular weight is 291 g/mol. The fourth-order valence-electron chi connectivity index (χ4n) is 2.59. The number of hydrogen-bond donors (Lipinski definition) is 3. The third kappa shape index (κ3) is 4.70. The molecule has 2 rings (SSSR count). The van der Waals surface area contributed by atoms with Crippen LogP contribution in [-0.4, -0.2) is 34.7 Å². The van der Waals surface area contributed by atoms with Crippen LogP contribution < -0.4 is 10.6 Å². The van der Waals surface area contributed by atoms with Crippen molar-refractivity contribution in [3.63, 3.8) is 0 Å². The summed E-state index contributed by atoms with van der Waals surface area (Å²) in [6.07, 6.45) is 7.00. The highest BCUT2D eigenvalue weighted by atomic mass is 16.3. The van der Waals surface area contributed by atoms with Gasteiger partial charge in [-0.3, -0.25) is 4.79 Å². The molecule has 0 radical (unpaired) electrons. The zero-order chi connectivity index (χ0) is 15.1. The molecule has 1 aromatic rings. The summed E-state index contributed by atoms with van der Waals surface area (Å²) < 4.78 is 0. The van der Waals surface area contributed by atoms with E-state index in [9.17, 15) is 9.90 Å². The first-order chi connectivity index (χ1) is 10.2. The molecule has 1 aliphatic carbocycles. The maximum Gasteiger partial charge on any atom is 0.253 e. The Balaban J connectivity index is 1.92. The van der Waals surface area contributed by atoms with Crippen molar-refractivity contribution in [1.82, 2.24) is 10.3 Å². The maximum absolute atomic E-state index is 12.2. The van der Waals surface area contributed by atoms with Gasteiger partial charge in [-0.2, -0.15) is 0 Å². The number of carbonyl (C=O) groups excluding carboxylic acids is 1. The Hall–Kier alpha value is -1.62. The van der Waals surface area contributed by atoms with E-state index in [1.54, 1.807) is 12.3 Å². The van der Waals surface area contributed by atoms with E-state index in [2.05, 4.69) is 22.5 Å². The largest absolute Gasteiger partial charge is 0.391 e. The van der Waals surface area contributed by atoms with E-state index >= 15 is 0 Å². The van der Waals surface area contributed by atoms with Gasteiger partial charge in [0.2, 0.25) is 0 Å². The Labute approximate surface area is 126 Å². The van der Waals surface area contributed by atoms with Gasteiger partial charge in [-0.25, -0.2) is 4.98 Å². The van der Waals surface area contributed by atoms with Gasteiger partial charge in [0, 0.05) is 12.7 Å². The lowest BCUT2D eigenvalue weighted by atomic mass is 10.1. The average Bonchev–Trinajstić information content (AvgIpc) is 2.70. The topological polar surface area (TPSA) is 74.2 Å². The van der Waals surface area contributed by atoms with Crippen LogP contribution in [0.1, 0.15) is 55.8 Å². The van der Waals surface area contributed by atoms with Crippen LogP contribution in [0.25, 0.3) is 0 Å². The first kappa shape index (κ1) is 15.8. The Morgan fingerprint density at radius 3 is 2.86 bits per heavy atom. The van der Waals surface area contributed by atoms with E-state index in [1.807, 2.05) is 6.07 Å². The number of aliphatic hydroxyl groups excluding tert-OH is 1. The van der Waals surface area contributed by atoms with E-state index in [4.69, 9.17) is 0 Å². The molecular formula is C16H25N3O2. The first-order valence-corrected chi connectivity index (χ1v) is 7.89. The van der Waals surface area contributed by atoms with E-state index in [-0.39, 0.29) is 11.9 Å². The number of amides is 1. The van der Waals surface area contributed by atoms with Crippen molar-refractivity contribution >= 4 is 11.7 Å². The summed E-state index contributed by atoms with van der Waals surface area (Å²) in [5, 5.41) is 16.2. The third-order valence-corrected chi connectivity index (χ3v) is 3.88. The van der Waals surface area contributed by atoms with Gasteiger partial charge in [0.25, 0.3) is 5.91 Å². The van der Waals surface area contributed by atoms with Crippen LogP contribution in [0.15, 0.2) is 18.3 Å². The number of carbonyl (C=O) groups is 1. The molecule has 5 heteroatoms. The maximum atomic E-state index is 12.2. The van der Waals surface area contributed by atoms with E-state index in [1.165, 1.54) is 0 Å². The zero-order valence-corrected chi connectivity index (χ0v) is 12.6. The minimum absolute atomic E-state index is 0.141. The lowest BCUT2D eigenvalue weighted by molar-refractivity contribution is 0.0818. The summed E-state index contributed by atoms with van der Waals surface area (Å²) in [6.45, 7) is 2.96. The van der Waals surface area contributed by atoms with Crippen molar-refractivity contribution < 1.29 is 9.90 Å². The Kier molecular flexibility index (Phi) is 5.99. The van der Waals surface area contributed by atoms with Crippen LogP contribution in [0.2, 0.25) is 0 Å². The van der Waals surface area contributed by atoms with Crippen LogP contribution in [0, 0.1) is 0 Å². The first-order valence-electron chi connectivity index (χ1n) is 7.89. The number of nitrogens with one attached hydrogen (secondary N) is 2. The molecule has 116 valence electrons. The lowest BCUT2D eigenvalue weighted by Gasteiger charge is -2.21. The van der Waals surface area contributed by atoms with Crippen molar-refractivity contribution in [3.8, 4) is 0 Å². The molecule has 2 unspecified atom stereocenters. The number of hydrogen-bond acceptors (Lipinski definition) is 4. The molecular weight excluding hydrogens is 266 g/mol. The zero-order valence-electron chi connectivity index (χ0n) is 12.6. The van der Waals surface area contributed by atoms with Gasteiger partial charge in [0.05, 0.1) is 17.7 Å². The van der Waals surface area contributed by atoms with Crippen LogP contribution in [0.5, 0.6) is 0 Å². The molecule has 1 fully saturated rings. The molecule has 21 heavy (non-hydrogen) atoms. The fraction of sp³-hybridized carbons (Fsp3) is 0.625. The number of aromatic nitrogens is 1. The highest BCUT2D eigenvalue weighted by Crippen LogP contribution is 2.18. The Morgan fingerprint density at radius 1 is 1.33 bits per heavy atom. The van der Waals surface area contributed by atoms with Crippen molar-refractivity contribution in [1.29, 1.82) is 0 Å². The Morgan fingerprint density at radius 2 is 2.14 bits per heavy atom. The SMILES string of the molecule is CCCNc1ccc(C(=O)NC2CCCCCC2O)cn1. The number of pyridine rings is 1. The molecule has 1 amide bonds. The summed E-state index contributed by atoms with van der Waals surface area (Å²) in [5.41, 5.74) is 0.536. The fourth-order valence-corrected chi connectivity index (χ4v) is 2.59. The van der Waals surface area contributed by atoms with Crippen LogP contribution in [0.4, 0.5) is 5.82 Å². The molecule has 2 atom stereocenters. The molecule has 0 saturated heterocycles. The quantitative estimate of drug-likeness (QED) is 0.728. The summed E-state index contributed by atoms with van der Waals surface area (Å²) >= 11 is 0. The normalized spacial score (nSPS) is 22.4. The van der Waals surface area contributed by atoms with Gasteiger partial charge in [-0.15, -0.1) is 0 Å². The summed E-state index contributed by atoms with van der Waals surface area (Å²) in [6, 6.07) is 3.44. The van der Waals surface area contributed by atoms with Gasteiger partial charge < -0.3 is 15.7 Å². The third-order valence-electron chi connectivity index (χ3n) is 3.88. The van der Waals surface area contributed by atoms with Gasteiger partial charge in [0.1, 0.15) is 5.82 Å². The number of anilines is 1. The molecule has 1 saturated carbocycles. The molecule has 1 aliphatic rings. The molecule has 0 aromatic carbocycles. The molecule has 1 aromatic heterocycles. The minimum Gasteiger partial charge on any atom is -0.391 e. The van der Waals surface area contributed by atoms with Gasteiger partial charge in [0.15, 0.2) is 0 Å². The highest BCUT2D eigenvalue weighted by Gasteiger charge is 2.23. The van der Waals surface area contributed by atoms with E-state index < -0.39 is 6.10 Å². The lowest BCUT2D eigenvalue weighted by Crippen LogP contribution is -2.42. The second-order valence-corrected chi connectivity index (χ2v) is 5.64. The van der Waals surface area contributed by atoms with Crippen molar-refractivity contribution in [2.45, 2.75) is 57.6 Å². The van der Waals surface area contributed by atoms with Crippen molar-refractivity contribution in [3.05, 3.63) is 23.9 Å². The van der Waals surface area contributed by atoms with Crippen LogP contribution in [0.3, 0.4) is 0 Å². The summed E-state index contributed by atoms with van der Waals surface area (Å²) in [4.78, 5) is 16.4. The van der Waals surface area contributed by atoms with Crippen molar-refractivity contribution in [2.24, 2.45) is 0 Å². The van der Waals surface area contributed by atoms with E-state index in [0.717, 1.165) is 50.9 Å². The van der Waals surface area contributed by atoms with Crippen LogP contribution in [-0.2, 0) is 0 Å².